The van der Waals surface area contributed by atoms with E-state index in [0.717, 1.165) is 19.5 Å². The molecule has 1 fully saturated rings. The third-order valence-electron chi connectivity index (χ3n) is 3.29. The van der Waals surface area contributed by atoms with Gasteiger partial charge in [-0.05, 0) is 31.2 Å². The van der Waals surface area contributed by atoms with E-state index in [1.807, 2.05) is 0 Å². The standard InChI is InChI=1S/C13H17FN2O2/c1-16(10-5-6-15-8-10)13(17)11-7-9(14)3-4-12(11)18-2/h3-4,7,10,15H,5-6,8H2,1-2H3/t10-/m1/s1. The quantitative estimate of drug-likeness (QED) is 0.880. The van der Waals surface area contributed by atoms with Crippen LogP contribution in [0.5, 0.6) is 5.75 Å². The number of ether oxygens (including phenoxy) is 1. The largest absolute Gasteiger partial charge is 0.496 e. The van der Waals surface area contributed by atoms with E-state index in [2.05, 4.69) is 5.32 Å². The van der Waals surface area contributed by atoms with Crippen LogP contribution in [0.4, 0.5) is 4.39 Å². The molecule has 1 aromatic carbocycles. The van der Waals surface area contributed by atoms with E-state index < -0.39 is 5.82 Å². The highest BCUT2D eigenvalue weighted by atomic mass is 19.1. The number of rotatable bonds is 3. The lowest BCUT2D eigenvalue weighted by molar-refractivity contribution is 0.0740. The summed E-state index contributed by atoms with van der Waals surface area (Å²) in [5.74, 6) is -0.239. The van der Waals surface area contributed by atoms with Crippen LogP contribution in [0.1, 0.15) is 16.8 Å². The molecule has 1 N–H and O–H groups in total. The van der Waals surface area contributed by atoms with Crippen molar-refractivity contribution in [2.75, 3.05) is 27.2 Å². The molecule has 0 aliphatic carbocycles. The van der Waals surface area contributed by atoms with Crippen LogP contribution in [0, 0.1) is 5.82 Å². The number of nitrogens with one attached hydrogen (secondary N) is 1. The zero-order valence-electron chi connectivity index (χ0n) is 10.6. The van der Waals surface area contributed by atoms with Crippen molar-refractivity contribution in [1.82, 2.24) is 10.2 Å². The zero-order valence-corrected chi connectivity index (χ0v) is 10.6. The van der Waals surface area contributed by atoms with E-state index in [-0.39, 0.29) is 17.5 Å². The van der Waals surface area contributed by atoms with Gasteiger partial charge in [-0.15, -0.1) is 0 Å². The molecule has 0 unspecified atom stereocenters. The third-order valence-corrected chi connectivity index (χ3v) is 3.29. The minimum absolute atomic E-state index is 0.158. The number of likely N-dealkylation sites (N-methyl/N-ethyl adjacent to an activating group) is 1. The van der Waals surface area contributed by atoms with Gasteiger partial charge < -0.3 is 15.0 Å². The van der Waals surface area contributed by atoms with E-state index in [1.165, 1.54) is 25.3 Å². The molecule has 1 atom stereocenters. The highest BCUT2D eigenvalue weighted by molar-refractivity contribution is 5.97. The highest BCUT2D eigenvalue weighted by Gasteiger charge is 2.26. The van der Waals surface area contributed by atoms with Crippen molar-refractivity contribution in [3.05, 3.63) is 29.6 Å². The van der Waals surface area contributed by atoms with Gasteiger partial charge in [0.15, 0.2) is 0 Å². The number of benzene rings is 1. The molecule has 2 rings (SSSR count). The number of amides is 1. The molecule has 1 aromatic rings. The van der Waals surface area contributed by atoms with Crippen molar-refractivity contribution in [1.29, 1.82) is 0 Å². The van der Waals surface area contributed by atoms with Gasteiger partial charge in [0.05, 0.1) is 12.7 Å². The SMILES string of the molecule is COc1ccc(F)cc1C(=O)N(C)[C@@H]1CCNC1. The molecule has 1 heterocycles. The predicted molar refractivity (Wildman–Crippen MR) is 66.3 cm³/mol. The van der Waals surface area contributed by atoms with E-state index >= 15 is 0 Å². The molecule has 1 aliphatic heterocycles. The smallest absolute Gasteiger partial charge is 0.257 e. The first-order valence-electron chi connectivity index (χ1n) is 5.95. The molecule has 4 nitrogen and oxygen atoms in total. The summed E-state index contributed by atoms with van der Waals surface area (Å²) in [6.07, 6.45) is 0.917. The summed E-state index contributed by atoms with van der Waals surface area (Å²) in [7, 11) is 3.21. The summed E-state index contributed by atoms with van der Waals surface area (Å²) < 4.78 is 18.4. The number of methoxy groups -OCH3 is 1. The molecule has 1 aliphatic rings. The second kappa shape index (κ2) is 5.35. The Labute approximate surface area is 106 Å². The minimum atomic E-state index is -0.433. The first-order chi connectivity index (χ1) is 8.63. The van der Waals surface area contributed by atoms with Crippen LogP contribution in [0.15, 0.2) is 18.2 Å². The van der Waals surface area contributed by atoms with Crippen LogP contribution in [-0.2, 0) is 0 Å². The monoisotopic (exact) mass is 252 g/mol. The maximum atomic E-state index is 13.2. The van der Waals surface area contributed by atoms with Crippen LogP contribution >= 0.6 is 0 Å². The molecule has 0 bridgehead atoms. The van der Waals surface area contributed by atoms with Gasteiger partial charge in [0.25, 0.3) is 5.91 Å². The van der Waals surface area contributed by atoms with Crippen molar-refractivity contribution in [3.63, 3.8) is 0 Å². The number of hydrogen-bond donors (Lipinski definition) is 1. The van der Waals surface area contributed by atoms with E-state index in [9.17, 15) is 9.18 Å². The molecular formula is C13H17FN2O2. The second-order valence-electron chi connectivity index (χ2n) is 4.41. The van der Waals surface area contributed by atoms with Crippen molar-refractivity contribution in [2.24, 2.45) is 0 Å². The van der Waals surface area contributed by atoms with Crippen LogP contribution < -0.4 is 10.1 Å². The summed E-state index contributed by atoms with van der Waals surface area (Å²) in [6.45, 7) is 1.68. The lowest BCUT2D eigenvalue weighted by Crippen LogP contribution is -2.38. The van der Waals surface area contributed by atoms with Crippen LogP contribution in [-0.4, -0.2) is 44.1 Å². The normalized spacial score (nSPS) is 18.7. The first-order valence-corrected chi connectivity index (χ1v) is 5.95. The summed E-state index contributed by atoms with van der Waals surface area (Å²) in [5.41, 5.74) is 0.270. The van der Waals surface area contributed by atoms with Gasteiger partial charge in [0.2, 0.25) is 0 Å². The molecule has 5 heteroatoms. The van der Waals surface area contributed by atoms with Gasteiger partial charge in [-0.2, -0.15) is 0 Å². The predicted octanol–water partition coefficient (Wildman–Crippen LogP) is 1.27. The highest BCUT2D eigenvalue weighted by Crippen LogP contribution is 2.22. The fourth-order valence-corrected chi connectivity index (χ4v) is 2.17. The number of carbonyl (C=O) groups excluding carboxylic acids is 1. The van der Waals surface area contributed by atoms with Crippen molar-refractivity contribution in [2.45, 2.75) is 12.5 Å². The molecule has 1 amide bonds. The van der Waals surface area contributed by atoms with Crippen LogP contribution in [0.25, 0.3) is 0 Å². The lowest BCUT2D eigenvalue weighted by atomic mass is 10.1. The summed E-state index contributed by atoms with van der Waals surface area (Å²) in [6, 6.07) is 4.14. The molecule has 18 heavy (non-hydrogen) atoms. The summed E-state index contributed by atoms with van der Waals surface area (Å²) >= 11 is 0. The van der Waals surface area contributed by atoms with Gasteiger partial charge in [-0.1, -0.05) is 0 Å². The molecule has 1 saturated heterocycles. The molecule has 0 saturated carbocycles. The van der Waals surface area contributed by atoms with E-state index in [1.54, 1.807) is 11.9 Å². The molecule has 0 spiro atoms. The van der Waals surface area contributed by atoms with Crippen molar-refractivity contribution in [3.8, 4) is 5.75 Å². The topological polar surface area (TPSA) is 41.6 Å². The fraction of sp³-hybridized carbons (Fsp3) is 0.462. The Morgan fingerprint density at radius 3 is 2.94 bits per heavy atom. The van der Waals surface area contributed by atoms with Gasteiger partial charge in [0.1, 0.15) is 11.6 Å². The van der Waals surface area contributed by atoms with Gasteiger partial charge in [0, 0.05) is 19.6 Å². The second-order valence-corrected chi connectivity index (χ2v) is 4.41. The molecule has 0 radical (unpaired) electrons. The Hall–Kier alpha value is -1.62. The third kappa shape index (κ3) is 2.46. The minimum Gasteiger partial charge on any atom is -0.496 e. The van der Waals surface area contributed by atoms with Gasteiger partial charge in [-0.3, -0.25) is 4.79 Å². The summed E-state index contributed by atoms with van der Waals surface area (Å²) in [5, 5.41) is 3.20. The zero-order chi connectivity index (χ0) is 13.1. The Kier molecular flexibility index (Phi) is 3.81. The van der Waals surface area contributed by atoms with E-state index in [0.29, 0.717) is 5.75 Å². The van der Waals surface area contributed by atoms with E-state index in [4.69, 9.17) is 4.74 Å². The number of carbonyl (C=O) groups is 1. The lowest BCUT2D eigenvalue weighted by Gasteiger charge is -2.24. The molecule has 0 aromatic heterocycles. The van der Waals surface area contributed by atoms with Crippen molar-refractivity contribution >= 4 is 5.91 Å². The van der Waals surface area contributed by atoms with Gasteiger partial charge in [-0.25, -0.2) is 4.39 Å². The number of hydrogen-bond acceptors (Lipinski definition) is 3. The molecule has 98 valence electrons. The van der Waals surface area contributed by atoms with Crippen molar-refractivity contribution < 1.29 is 13.9 Å². The Bertz CT molecular complexity index is 445. The number of halogens is 1. The average molecular weight is 252 g/mol. The average Bonchev–Trinajstić information content (AvgIpc) is 2.90. The maximum absolute atomic E-state index is 13.2. The Balaban J connectivity index is 2.24. The maximum Gasteiger partial charge on any atom is 0.257 e. The number of nitrogens with zero attached hydrogens (tertiary/aromatic N) is 1. The Morgan fingerprint density at radius 1 is 1.56 bits per heavy atom. The fourth-order valence-electron chi connectivity index (χ4n) is 2.17. The van der Waals surface area contributed by atoms with Crippen LogP contribution in [0.2, 0.25) is 0 Å². The Morgan fingerprint density at radius 2 is 2.33 bits per heavy atom. The first kappa shape index (κ1) is 12.8. The molecular weight excluding hydrogens is 235 g/mol. The van der Waals surface area contributed by atoms with Gasteiger partial charge >= 0.3 is 0 Å². The van der Waals surface area contributed by atoms with Crippen LogP contribution in [0.3, 0.4) is 0 Å². The summed E-state index contributed by atoms with van der Waals surface area (Å²) in [4.78, 5) is 14.0.